The minimum absolute atomic E-state index is 0.111. The Bertz CT molecular complexity index is 1010. The second-order valence-corrected chi connectivity index (χ2v) is 10.1. The average molecular weight is 417 g/mol. The van der Waals surface area contributed by atoms with Gasteiger partial charge in [-0.1, -0.05) is 34.1 Å². The van der Waals surface area contributed by atoms with E-state index in [2.05, 4.69) is 67.0 Å². The third kappa shape index (κ3) is 2.43. The zero-order valence-corrected chi connectivity index (χ0v) is 17.0. The molecule has 4 rings (SSSR count). The zero-order valence-electron chi connectivity index (χ0n) is 13.8. The lowest BCUT2D eigenvalue weighted by molar-refractivity contribution is -0.112. The van der Waals surface area contributed by atoms with Crippen LogP contribution in [-0.2, 0) is 4.79 Å². The largest absolute Gasteiger partial charge is 0.293 e. The molecule has 24 heavy (non-hydrogen) atoms. The summed E-state index contributed by atoms with van der Waals surface area (Å²) in [6, 6.07) is 10.7. The number of allylic oxidation sites excluding steroid dienone is 2. The van der Waals surface area contributed by atoms with Gasteiger partial charge in [-0.25, -0.2) is 0 Å². The van der Waals surface area contributed by atoms with E-state index in [1.807, 2.05) is 11.3 Å². The number of fused-ring (bicyclic) bond motifs is 1. The van der Waals surface area contributed by atoms with Crippen molar-refractivity contribution in [2.24, 2.45) is 0 Å². The Hall–Kier alpha value is -1.23. The first-order chi connectivity index (χ1) is 11.5. The van der Waals surface area contributed by atoms with Crippen molar-refractivity contribution >= 4 is 65.6 Å². The first-order valence-electron chi connectivity index (χ1n) is 7.94. The van der Waals surface area contributed by atoms with Crippen LogP contribution in [0.2, 0.25) is 0 Å². The number of carbonyl (C=O) groups is 1. The predicted octanol–water partition coefficient (Wildman–Crippen LogP) is 6.54. The fourth-order valence-corrected chi connectivity index (χ4v) is 6.20. The van der Waals surface area contributed by atoms with E-state index in [0.29, 0.717) is 0 Å². The van der Waals surface area contributed by atoms with Gasteiger partial charge in [0.2, 0.25) is 0 Å². The zero-order chi connectivity index (χ0) is 17.0. The van der Waals surface area contributed by atoms with E-state index in [1.54, 1.807) is 11.3 Å². The molecule has 0 bridgehead atoms. The van der Waals surface area contributed by atoms with Crippen molar-refractivity contribution in [3.8, 4) is 0 Å². The molecule has 1 atom stereocenters. The Morgan fingerprint density at radius 2 is 1.83 bits per heavy atom. The summed E-state index contributed by atoms with van der Waals surface area (Å²) in [5.41, 5.74) is 4.52. The molecule has 0 aliphatic heterocycles. The van der Waals surface area contributed by atoms with E-state index in [9.17, 15) is 4.79 Å². The number of ketones is 1. The normalized spacial score (nSPS) is 18.2. The molecule has 1 aromatic carbocycles. The Morgan fingerprint density at radius 1 is 1.08 bits per heavy atom. The van der Waals surface area contributed by atoms with E-state index in [4.69, 9.17) is 0 Å². The highest BCUT2D eigenvalue weighted by atomic mass is 79.9. The highest BCUT2D eigenvalue weighted by Gasteiger charge is 2.35. The molecule has 0 N–H and O–H groups in total. The van der Waals surface area contributed by atoms with Gasteiger partial charge in [0.05, 0.1) is 4.83 Å². The summed E-state index contributed by atoms with van der Waals surface area (Å²) in [5.74, 6) is 0.223. The van der Waals surface area contributed by atoms with Gasteiger partial charge in [-0.2, -0.15) is 0 Å². The van der Waals surface area contributed by atoms with Crippen LogP contribution in [-0.4, -0.2) is 10.6 Å². The summed E-state index contributed by atoms with van der Waals surface area (Å²) >= 11 is 7.19. The number of thiophene rings is 2. The lowest BCUT2D eigenvalue weighted by Gasteiger charge is -2.07. The van der Waals surface area contributed by atoms with Gasteiger partial charge < -0.3 is 0 Å². The van der Waals surface area contributed by atoms with Gasteiger partial charge in [0, 0.05) is 30.3 Å². The number of Topliss-reactive ketones (excluding diaryl/α,β-unsaturated/α-hetero) is 1. The molecule has 3 aromatic rings. The average Bonchev–Trinajstić information content (AvgIpc) is 3.13. The standard InChI is InChI=1S/C20H17BrOS2/c1-10-8-14(11(2)23-10)19-15(9-16(21)20(19)22)18-12(3)24-17-7-5-4-6-13(17)18/h4-8,16H,9H2,1-3H3. The molecule has 0 spiro atoms. The molecule has 0 saturated heterocycles. The van der Waals surface area contributed by atoms with Crippen molar-refractivity contribution < 1.29 is 4.79 Å². The number of hydrogen-bond acceptors (Lipinski definition) is 3. The van der Waals surface area contributed by atoms with E-state index in [-0.39, 0.29) is 10.6 Å². The summed E-state index contributed by atoms with van der Waals surface area (Å²) in [6.45, 7) is 6.39. The molecule has 1 aliphatic rings. The topological polar surface area (TPSA) is 17.1 Å². The van der Waals surface area contributed by atoms with E-state index in [0.717, 1.165) is 17.6 Å². The second-order valence-electron chi connectivity index (χ2n) is 6.25. The molecule has 0 fully saturated rings. The molecule has 1 nitrogen and oxygen atoms in total. The fraction of sp³-hybridized carbons (Fsp3) is 0.250. The van der Waals surface area contributed by atoms with Crippen molar-refractivity contribution in [1.29, 1.82) is 0 Å². The van der Waals surface area contributed by atoms with Crippen molar-refractivity contribution in [2.45, 2.75) is 32.0 Å². The molecule has 0 saturated carbocycles. The van der Waals surface area contributed by atoms with Crippen LogP contribution in [0, 0.1) is 20.8 Å². The minimum atomic E-state index is -0.111. The monoisotopic (exact) mass is 416 g/mol. The van der Waals surface area contributed by atoms with Crippen molar-refractivity contribution in [1.82, 2.24) is 0 Å². The van der Waals surface area contributed by atoms with Gasteiger partial charge >= 0.3 is 0 Å². The lowest BCUT2D eigenvalue weighted by atomic mass is 9.95. The SMILES string of the molecule is Cc1cc(C2=C(c3c(C)sc4ccccc34)CC(Br)C2=O)c(C)s1. The third-order valence-corrected chi connectivity index (χ3v) is 7.39. The number of rotatable bonds is 2. The molecular formula is C20H17BrOS2. The minimum Gasteiger partial charge on any atom is -0.293 e. The van der Waals surface area contributed by atoms with Gasteiger partial charge in [0.1, 0.15) is 0 Å². The quantitative estimate of drug-likeness (QED) is 0.433. The van der Waals surface area contributed by atoms with Crippen molar-refractivity contribution in [3.05, 3.63) is 56.1 Å². The molecule has 0 amide bonds. The number of hydrogen-bond donors (Lipinski definition) is 0. The first-order valence-corrected chi connectivity index (χ1v) is 10.5. The van der Waals surface area contributed by atoms with Crippen LogP contribution in [0.4, 0.5) is 0 Å². The summed E-state index contributed by atoms with van der Waals surface area (Å²) in [4.78, 5) is 16.6. The van der Waals surface area contributed by atoms with Crippen LogP contribution < -0.4 is 0 Å². The van der Waals surface area contributed by atoms with Gasteiger partial charge in [-0.05, 0) is 56.0 Å². The van der Waals surface area contributed by atoms with Crippen LogP contribution in [0.15, 0.2) is 30.3 Å². The summed E-state index contributed by atoms with van der Waals surface area (Å²) < 4.78 is 1.29. The summed E-state index contributed by atoms with van der Waals surface area (Å²) in [6.07, 6.45) is 0.768. The Balaban J connectivity index is 2.04. The third-order valence-electron chi connectivity index (χ3n) is 4.60. The molecule has 2 heterocycles. The van der Waals surface area contributed by atoms with Crippen LogP contribution in [0.5, 0.6) is 0 Å². The van der Waals surface area contributed by atoms with Crippen LogP contribution >= 0.6 is 38.6 Å². The summed E-state index contributed by atoms with van der Waals surface area (Å²) in [7, 11) is 0. The van der Waals surface area contributed by atoms with Crippen molar-refractivity contribution in [2.75, 3.05) is 0 Å². The maximum absolute atomic E-state index is 12.9. The van der Waals surface area contributed by atoms with E-state index >= 15 is 0 Å². The van der Waals surface area contributed by atoms with Crippen LogP contribution in [0.3, 0.4) is 0 Å². The van der Waals surface area contributed by atoms with E-state index in [1.165, 1.54) is 35.9 Å². The number of benzene rings is 1. The maximum atomic E-state index is 12.9. The molecule has 2 aromatic heterocycles. The molecule has 0 radical (unpaired) electrons. The van der Waals surface area contributed by atoms with Crippen LogP contribution in [0.25, 0.3) is 21.2 Å². The fourth-order valence-electron chi connectivity index (χ4n) is 3.62. The smallest absolute Gasteiger partial charge is 0.177 e. The molecule has 122 valence electrons. The lowest BCUT2D eigenvalue weighted by Crippen LogP contribution is -2.07. The molecule has 4 heteroatoms. The Morgan fingerprint density at radius 3 is 2.54 bits per heavy atom. The summed E-state index contributed by atoms with van der Waals surface area (Å²) in [5, 5.41) is 1.27. The van der Waals surface area contributed by atoms with Crippen LogP contribution in [0.1, 0.15) is 32.2 Å². The molecular weight excluding hydrogens is 400 g/mol. The van der Waals surface area contributed by atoms with Gasteiger partial charge in [-0.3, -0.25) is 4.79 Å². The number of halogens is 1. The Kier molecular flexibility index (Phi) is 4.02. The maximum Gasteiger partial charge on any atom is 0.177 e. The van der Waals surface area contributed by atoms with E-state index < -0.39 is 0 Å². The molecule has 1 aliphatic carbocycles. The highest BCUT2D eigenvalue weighted by Crippen LogP contribution is 2.47. The predicted molar refractivity (Wildman–Crippen MR) is 110 cm³/mol. The first kappa shape index (κ1) is 16.2. The number of carbonyl (C=O) groups excluding carboxylic acids is 1. The second kappa shape index (κ2) is 5.94. The van der Waals surface area contributed by atoms with Gasteiger partial charge in [0.15, 0.2) is 5.78 Å². The molecule has 1 unspecified atom stereocenters. The number of aryl methyl sites for hydroxylation is 3. The Labute approximate surface area is 158 Å². The van der Waals surface area contributed by atoms with Gasteiger partial charge in [-0.15, -0.1) is 22.7 Å². The van der Waals surface area contributed by atoms with Crippen molar-refractivity contribution in [3.63, 3.8) is 0 Å². The highest BCUT2D eigenvalue weighted by molar-refractivity contribution is 9.10. The number of alkyl halides is 1. The van der Waals surface area contributed by atoms with Gasteiger partial charge in [0.25, 0.3) is 0 Å².